The number of H-pyrrole nitrogens is 1. The third-order valence-corrected chi connectivity index (χ3v) is 5.24. The van der Waals surface area contributed by atoms with Crippen LogP contribution < -0.4 is 5.73 Å². The minimum absolute atomic E-state index is 0.0294. The number of aryl methyl sites for hydroxylation is 1. The molecule has 9 heteroatoms. The zero-order valence-corrected chi connectivity index (χ0v) is 14.9. The Morgan fingerprint density at radius 1 is 1.39 bits per heavy atom. The molecule has 0 atom stereocenters. The molecule has 0 radical (unpaired) electrons. The van der Waals surface area contributed by atoms with Crippen LogP contribution in [0.15, 0.2) is 6.20 Å². The molecule has 23 heavy (non-hydrogen) atoms. The Morgan fingerprint density at radius 2 is 2.09 bits per heavy atom. The second-order valence-corrected chi connectivity index (χ2v) is 12.3. The molecule has 2 rings (SSSR count). The highest BCUT2D eigenvalue weighted by molar-refractivity contribution is 6.76. The lowest BCUT2D eigenvalue weighted by atomic mass is 10.1. The summed E-state index contributed by atoms with van der Waals surface area (Å²) in [5.74, 6) is 0. The summed E-state index contributed by atoms with van der Waals surface area (Å²) < 4.78 is 33.3. The molecular formula is C14H23F2N5OSi. The van der Waals surface area contributed by atoms with E-state index in [2.05, 4.69) is 34.9 Å². The predicted molar refractivity (Wildman–Crippen MR) is 88.0 cm³/mol. The number of nitrogen functional groups attached to an aromatic ring is 1. The molecule has 0 fully saturated rings. The first kappa shape index (κ1) is 17.6. The summed E-state index contributed by atoms with van der Waals surface area (Å²) in [5, 5.41) is 10.8. The van der Waals surface area contributed by atoms with Crippen LogP contribution in [0.25, 0.3) is 11.3 Å². The second kappa shape index (κ2) is 6.79. The molecule has 0 unspecified atom stereocenters. The molecule has 128 valence electrons. The van der Waals surface area contributed by atoms with Crippen molar-refractivity contribution in [3.63, 3.8) is 0 Å². The summed E-state index contributed by atoms with van der Waals surface area (Å²) in [7, 11) is -1.23. The van der Waals surface area contributed by atoms with E-state index in [9.17, 15) is 8.78 Å². The van der Waals surface area contributed by atoms with Gasteiger partial charge in [0.2, 0.25) is 0 Å². The first-order valence-corrected chi connectivity index (χ1v) is 11.1. The van der Waals surface area contributed by atoms with Gasteiger partial charge in [-0.1, -0.05) is 19.6 Å². The minimum Gasteiger partial charge on any atom is -0.395 e. The molecule has 0 spiro atoms. The van der Waals surface area contributed by atoms with Crippen molar-refractivity contribution >= 4 is 13.8 Å². The summed E-state index contributed by atoms with van der Waals surface area (Å²) in [6.07, 6.45) is -1.19. The number of nitrogens with one attached hydrogen (secondary N) is 1. The van der Waals surface area contributed by atoms with Gasteiger partial charge in [0, 0.05) is 25.9 Å². The summed E-state index contributed by atoms with van der Waals surface area (Å²) >= 11 is 0. The van der Waals surface area contributed by atoms with Gasteiger partial charge >= 0.3 is 0 Å². The number of nitrogens with zero attached hydrogens (tertiary/aromatic N) is 3. The molecule has 0 aliphatic rings. The largest absolute Gasteiger partial charge is 0.395 e. The first-order valence-electron chi connectivity index (χ1n) is 7.43. The fourth-order valence-corrected chi connectivity index (χ4v) is 2.89. The normalized spacial score (nSPS) is 12.3. The Bertz CT molecular complexity index is 663. The van der Waals surface area contributed by atoms with E-state index in [1.807, 2.05) is 0 Å². The van der Waals surface area contributed by atoms with Crippen LogP contribution in [0.3, 0.4) is 0 Å². The molecule has 0 amide bonds. The number of halogens is 2. The third kappa shape index (κ3) is 4.17. The van der Waals surface area contributed by atoms with Gasteiger partial charge in [0.05, 0.1) is 11.9 Å². The number of ether oxygens (including phenoxy) is 1. The average molecular weight is 343 g/mol. The maximum atomic E-state index is 13.3. The topological polar surface area (TPSA) is 81.8 Å². The average Bonchev–Trinajstić information content (AvgIpc) is 2.97. The van der Waals surface area contributed by atoms with Crippen molar-refractivity contribution in [1.29, 1.82) is 0 Å². The number of rotatable bonds is 7. The molecule has 3 N–H and O–H groups in total. The number of aromatic amines is 1. The zero-order valence-electron chi connectivity index (χ0n) is 13.9. The first-order chi connectivity index (χ1) is 10.7. The number of aromatic nitrogens is 4. The van der Waals surface area contributed by atoms with E-state index in [4.69, 9.17) is 10.5 Å². The molecular weight excluding hydrogens is 320 g/mol. The summed E-state index contributed by atoms with van der Waals surface area (Å²) in [5.41, 5.74) is 7.19. The van der Waals surface area contributed by atoms with Crippen molar-refractivity contribution < 1.29 is 13.5 Å². The van der Waals surface area contributed by atoms with Crippen LogP contribution >= 0.6 is 0 Å². The van der Waals surface area contributed by atoms with Gasteiger partial charge in [-0.15, -0.1) is 0 Å². The highest BCUT2D eigenvalue weighted by atomic mass is 28.3. The predicted octanol–water partition coefficient (Wildman–Crippen LogP) is 3.41. The molecule has 2 aromatic rings. The molecule has 6 nitrogen and oxygen atoms in total. The summed E-state index contributed by atoms with van der Waals surface area (Å²) in [6.45, 7) is 8.96. The zero-order chi connectivity index (χ0) is 17.2. The van der Waals surface area contributed by atoms with Crippen molar-refractivity contribution in [2.45, 2.75) is 45.8 Å². The van der Waals surface area contributed by atoms with Gasteiger partial charge in [-0.05, 0) is 13.0 Å². The Kier molecular flexibility index (Phi) is 5.20. The van der Waals surface area contributed by atoms with E-state index in [-0.39, 0.29) is 18.1 Å². The maximum Gasteiger partial charge on any atom is 0.282 e. The maximum absolute atomic E-state index is 13.3. The third-order valence-electron chi connectivity index (χ3n) is 3.53. The van der Waals surface area contributed by atoms with Crippen molar-refractivity contribution in [1.82, 2.24) is 20.0 Å². The summed E-state index contributed by atoms with van der Waals surface area (Å²) in [6, 6.07) is 0.960. The van der Waals surface area contributed by atoms with Crippen LogP contribution in [-0.2, 0) is 11.5 Å². The lowest BCUT2D eigenvalue weighted by molar-refractivity contribution is 0.0625. The fraction of sp³-hybridized carbons (Fsp3) is 0.571. The van der Waals surface area contributed by atoms with Crippen LogP contribution in [0, 0.1) is 6.92 Å². The van der Waals surface area contributed by atoms with Gasteiger partial charge < -0.3 is 10.5 Å². The van der Waals surface area contributed by atoms with E-state index in [1.54, 1.807) is 6.92 Å². The van der Waals surface area contributed by atoms with Gasteiger partial charge in [-0.3, -0.25) is 5.10 Å². The van der Waals surface area contributed by atoms with Crippen molar-refractivity contribution in [2.24, 2.45) is 0 Å². The van der Waals surface area contributed by atoms with Gasteiger partial charge in [-0.25, -0.2) is 13.5 Å². The number of alkyl halides is 2. The number of hydrogen-bond donors (Lipinski definition) is 2. The van der Waals surface area contributed by atoms with E-state index in [1.165, 1.54) is 6.20 Å². The number of hydrogen-bond acceptors (Lipinski definition) is 4. The van der Waals surface area contributed by atoms with E-state index in [0.717, 1.165) is 16.4 Å². The van der Waals surface area contributed by atoms with Crippen LogP contribution in [0.2, 0.25) is 25.7 Å². The van der Waals surface area contributed by atoms with Crippen molar-refractivity contribution in [3.05, 3.63) is 17.6 Å². The molecule has 0 saturated heterocycles. The van der Waals surface area contributed by atoms with Crippen LogP contribution in [0.4, 0.5) is 14.5 Å². The summed E-state index contributed by atoms with van der Waals surface area (Å²) in [4.78, 5) is 0. The van der Waals surface area contributed by atoms with Crippen molar-refractivity contribution in [2.75, 3.05) is 12.3 Å². The van der Waals surface area contributed by atoms with Gasteiger partial charge in [0.25, 0.3) is 6.43 Å². The molecule has 2 heterocycles. The minimum atomic E-state index is -2.72. The van der Waals surface area contributed by atoms with Crippen molar-refractivity contribution in [3.8, 4) is 11.3 Å². The molecule has 0 aromatic carbocycles. The molecule has 0 aliphatic heterocycles. The quantitative estimate of drug-likeness (QED) is 0.596. The SMILES string of the molecule is Cc1[nH]ncc1-c1nn(COCC[Si](C)(C)C)c(C(F)F)c1N. The number of anilines is 1. The smallest absolute Gasteiger partial charge is 0.282 e. The van der Waals surface area contributed by atoms with Crippen LogP contribution in [0.1, 0.15) is 17.8 Å². The van der Waals surface area contributed by atoms with E-state index >= 15 is 0 Å². The highest BCUT2D eigenvalue weighted by Crippen LogP contribution is 2.34. The Morgan fingerprint density at radius 3 is 2.61 bits per heavy atom. The monoisotopic (exact) mass is 343 g/mol. The highest BCUT2D eigenvalue weighted by Gasteiger charge is 2.25. The lowest BCUT2D eigenvalue weighted by Crippen LogP contribution is -2.22. The van der Waals surface area contributed by atoms with Crippen LogP contribution in [0.5, 0.6) is 0 Å². The van der Waals surface area contributed by atoms with Crippen LogP contribution in [-0.4, -0.2) is 34.7 Å². The van der Waals surface area contributed by atoms with Gasteiger partial charge in [-0.2, -0.15) is 10.2 Å². The van der Waals surface area contributed by atoms with Gasteiger partial charge in [0.15, 0.2) is 0 Å². The Labute approximate surface area is 135 Å². The molecule has 0 bridgehead atoms. The van der Waals surface area contributed by atoms with E-state index in [0.29, 0.717) is 17.9 Å². The molecule has 2 aromatic heterocycles. The second-order valence-electron chi connectivity index (χ2n) is 6.70. The standard InChI is InChI=1S/C14H23F2N5OSi/c1-9-10(7-18-19-9)12-11(17)13(14(15)16)21(20-12)8-22-5-6-23(2,3)4/h7,14H,5-6,8,17H2,1-4H3,(H,18,19). The number of nitrogens with two attached hydrogens (primary N) is 1. The fourth-order valence-electron chi connectivity index (χ4n) is 2.14. The van der Waals surface area contributed by atoms with Gasteiger partial charge in [0.1, 0.15) is 18.1 Å². The molecule has 0 saturated carbocycles. The molecule has 0 aliphatic carbocycles. The Balaban J connectivity index is 2.20. The van der Waals surface area contributed by atoms with E-state index < -0.39 is 14.5 Å². The lowest BCUT2D eigenvalue weighted by Gasteiger charge is -2.15. The Hall–Kier alpha value is -1.74.